The molecule has 1 aromatic carbocycles. The molecule has 2 N–H and O–H groups in total. The van der Waals surface area contributed by atoms with E-state index in [0.717, 1.165) is 31.5 Å². The topological polar surface area (TPSA) is 39.7 Å². The Kier molecular flexibility index (Phi) is 10.3. The van der Waals surface area contributed by atoms with Crippen molar-refractivity contribution in [1.82, 2.24) is 15.5 Å². The minimum absolute atomic E-state index is 0. The maximum Gasteiger partial charge on any atom is 0.191 e. The highest BCUT2D eigenvalue weighted by Crippen LogP contribution is 2.18. The minimum Gasteiger partial charge on any atom is -0.357 e. The summed E-state index contributed by atoms with van der Waals surface area (Å²) in [4.78, 5) is 7.13. The number of aryl methyl sites for hydroxylation is 1. The zero-order valence-electron chi connectivity index (χ0n) is 15.3. The quantitative estimate of drug-likeness (QED) is 0.402. The first-order valence-corrected chi connectivity index (χ1v) is 8.93. The molecule has 0 atom stereocenters. The zero-order chi connectivity index (χ0) is 16.5. The highest BCUT2D eigenvalue weighted by atomic mass is 127. The lowest BCUT2D eigenvalue weighted by Gasteiger charge is -2.29. The van der Waals surface area contributed by atoms with Crippen molar-refractivity contribution in [2.45, 2.75) is 39.7 Å². The first-order valence-electron chi connectivity index (χ1n) is 8.93. The van der Waals surface area contributed by atoms with Gasteiger partial charge in [-0.25, -0.2) is 4.99 Å². The van der Waals surface area contributed by atoms with Gasteiger partial charge < -0.3 is 15.5 Å². The monoisotopic (exact) mass is 444 g/mol. The van der Waals surface area contributed by atoms with Gasteiger partial charge in [0.2, 0.25) is 0 Å². The fourth-order valence-electron chi connectivity index (χ4n) is 3.07. The van der Waals surface area contributed by atoms with Crippen molar-refractivity contribution in [3.63, 3.8) is 0 Å². The fourth-order valence-corrected chi connectivity index (χ4v) is 3.07. The Labute approximate surface area is 164 Å². The number of halogens is 1. The van der Waals surface area contributed by atoms with E-state index in [4.69, 9.17) is 4.99 Å². The molecule has 136 valence electrons. The molecule has 5 heteroatoms. The van der Waals surface area contributed by atoms with Gasteiger partial charge in [-0.1, -0.05) is 29.8 Å². The van der Waals surface area contributed by atoms with Gasteiger partial charge in [-0.15, -0.1) is 24.0 Å². The van der Waals surface area contributed by atoms with Crippen LogP contribution in [-0.4, -0.2) is 44.1 Å². The number of benzene rings is 1. The van der Waals surface area contributed by atoms with Crippen LogP contribution in [0.25, 0.3) is 0 Å². The second-order valence-corrected chi connectivity index (χ2v) is 6.65. The van der Waals surface area contributed by atoms with Crippen LogP contribution in [0.15, 0.2) is 29.3 Å². The van der Waals surface area contributed by atoms with Gasteiger partial charge in [0.1, 0.15) is 0 Å². The number of hydrogen-bond donors (Lipinski definition) is 2. The van der Waals surface area contributed by atoms with Crippen LogP contribution in [0.1, 0.15) is 37.3 Å². The van der Waals surface area contributed by atoms with Gasteiger partial charge in [0.25, 0.3) is 0 Å². The average molecular weight is 444 g/mol. The second-order valence-electron chi connectivity index (χ2n) is 6.65. The molecule has 4 nitrogen and oxygen atoms in total. The van der Waals surface area contributed by atoms with E-state index < -0.39 is 0 Å². The lowest BCUT2D eigenvalue weighted by atomic mass is 9.94. The lowest BCUT2D eigenvalue weighted by molar-refractivity contribution is 0.213. The molecule has 0 radical (unpaired) electrons. The van der Waals surface area contributed by atoms with Gasteiger partial charge >= 0.3 is 0 Å². The number of nitrogens with one attached hydrogen (secondary N) is 2. The molecule has 1 heterocycles. The first-order chi connectivity index (χ1) is 11.2. The highest BCUT2D eigenvalue weighted by Gasteiger charge is 2.16. The molecule has 0 amide bonds. The van der Waals surface area contributed by atoms with Crippen LogP contribution >= 0.6 is 24.0 Å². The number of nitrogens with zero attached hydrogens (tertiary/aromatic N) is 2. The number of guanidine groups is 1. The van der Waals surface area contributed by atoms with Crippen LogP contribution in [0.2, 0.25) is 0 Å². The predicted molar refractivity (Wildman–Crippen MR) is 114 cm³/mol. The third-order valence-electron chi connectivity index (χ3n) is 4.53. The predicted octanol–water partition coefficient (Wildman–Crippen LogP) is 3.40. The van der Waals surface area contributed by atoms with E-state index in [9.17, 15) is 0 Å². The summed E-state index contributed by atoms with van der Waals surface area (Å²) in [7, 11) is 2.22. The van der Waals surface area contributed by atoms with Crippen LogP contribution in [0.5, 0.6) is 0 Å². The van der Waals surface area contributed by atoms with Crippen molar-refractivity contribution < 1.29 is 0 Å². The van der Waals surface area contributed by atoms with Gasteiger partial charge in [0.15, 0.2) is 5.96 Å². The summed E-state index contributed by atoms with van der Waals surface area (Å²) in [6, 6.07) is 8.56. The Balaban J connectivity index is 0.00000288. The third kappa shape index (κ3) is 7.83. The van der Waals surface area contributed by atoms with Crippen LogP contribution in [0, 0.1) is 12.8 Å². The zero-order valence-corrected chi connectivity index (χ0v) is 17.7. The minimum atomic E-state index is 0. The molecule has 0 aromatic heterocycles. The van der Waals surface area contributed by atoms with Crippen LogP contribution < -0.4 is 10.6 Å². The molecular weight excluding hydrogens is 411 g/mol. The molecule has 1 fully saturated rings. The molecule has 1 aliphatic heterocycles. The highest BCUT2D eigenvalue weighted by molar-refractivity contribution is 14.0. The van der Waals surface area contributed by atoms with Crippen molar-refractivity contribution in [1.29, 1.82) is 0 Å². The summed E-state index contributed by atoms with van der Waals surface area (Å²) in [5.74, 6) is 1.79. The maximum atomic E-state index is 4.71. The van der Waals surface area contributed by atoms with E-state index in [2.05, 4.69) is 60.7 Å². The molecule has 1 saturated heterocycles. The number of rotatable bonds is 6. The molecule has 0 aliphatic carbocycles. The summed E-state index contributed by atoms with van der Waals surface area (Å²) in [5.41, 5.74) is 2.55. The Morgan fingerprint density at radius 3 is 2.67 bits per heavy atom. The van der Waals surface area contributed by atoms with Gasteiger partial charge in [-0.3, -0.25) is 0 Å². The average Bonchev–Trinajstić information content (AvgIpc) is 2.54. The van der Waals surface area contributed by atoms with Gasteiger partial charge in [-0.2, -0.15) is 0 Å². The van der Waals surface area contributed by atoms with E-state index in [0.29, 0.717) is 0 Å². The Morgan fingerprint density at radius 2 is 2.00 bits per heavy atom. The van der Waals surface area contributed by atoms with Crippen molar-refractivity contribution in [2.75, 3.05) is 33.2 Å². The van der Waals surface area contributed by atoms with E-state index in [1.165, 1.54) is 43.5 Å². The van der Waals surface area contributed by atoms with Crippen molar-refractivity contribution >= 4 is 29.9 Å². The Hall–Kier alpha value is -0.820. The summed E-state index contributed by atoms with van der Waals surface area (Å²) in [6.45, 7) is 9.35. The van der Waals surface area contributed by atoms with Crippen LogP contribution in [0.4, 0.5) is 0 Å². The molecule has 0 unspecified atom stereocenters. The molecule has 1 aliphatic rings. The molecule has 0 saturated carbocycles. The van der Waals surface area contributed by atoms with Gasteiger partial charge in [-0.05, 0) is 64.7 Å². The number of aliphatic imine (C=N–C) groups is 1. The number of likely N-dealkylation sites (tertiary alicyclic amines) is 1. The number of hydrogen-bond acceptors (Lipinski definition) is 2. The van der Waals surface area contributed by atoms with Crippen LogP contribution in [0.3, 0.4) is 0 Å². The van der Waals surface area contributed by atoms with Crippen LogP contribution in [-0.2, 0) is 6.54 Å². The molecule has 1 aromatic rings. The summed E-state index contributed by atoms with van der Waals surface area (Å²) < 4.78 is 0. The smallest absolute Gasteiger partial charge is 0.191 e. The van der Waals surface area contributed by atoms with Crippen molar-refractivity contribution in [3.05, 3.63) is 35.4 Å². The van der Waals surface area contributed by atoms with E-state index in [1.807, 2.05) is 0 Å². The van der Waals surface area contributed by atoms with E-state index in [-0.39, 0.29) is 24.0 Å². The third-order valence-corrected chi connectivity index (χ3v) is 4.53. The molecular formula is C19H33IN4. The van der Waals surface area contributed by atoms with E-state index >= 15 is 0 Å². The molecule has 0 bridgehead atoms. The standard InChI is InChI=1S/C19H32N4.HI/c1-4-20-19(22-15-18-7-5-6-16(2)14-18)21-11-8-17-9-12-23(3)13-10-17;/h5-7,14,17H,4,8-13,15H2,1-3H3,(H2,20,21,22);1H. The van der Waals surface area contributed by atoms with Gasteiger partial charge in [0.05, 0.1) is 6.54 Å². The van der Waals surface area contributed by atoms with Crippen molar-refractivity contribution in [2.24, 2.45) is 10.9 Å². The molecule has 2 rings (SSSR count). The molecule has 24 heavy (non-hydrogen) atoms. The summed E-state index contributed by atoms with van der Waals surface area (Å²) in [5, 5.41) is 6.83. The lowest BCUT2D eigenvalue weighted by Crippen LogP contribution is -2.39. The summed E-state index contributed by atoms with van der Waals surface area (Å²) >= 11 is 0. The first kappa shape index (κ1) is 21.2. The normalized spacial score (nSPS) is 16.5. The Bertz CT molecular complexity index is 496. The van der Waals surface area contributed by atoms with E-state index in [1.54, 1.807) is 0 Å². The van der Waals surface area contributed by atoms with Gasteiger partial charge in [0, 0.05) is 13.1 Å². The summed E-state index contributed by atoms with van der Waals surface area (Å²) in [6.07, 6.45) is 3.90. The fraction of sp³-hybridized carbons (Fsp3) is 0.632. The Morgan fingerprint density at radius 1 is 1.25 bits per heavy atom. The SMILES string of the molecule is CCNC(=NCc1cccc(C)c1)NCCC1CCN(C)CC1.I. The maximum absolute atomic E-state index is 4.71. The van der Waals surface area contributed by atoms with Crippen molar-refractivity contribution in [3.8, 4) is 0 Å². The largest absolute Gasteiger partial charge is 0.357 e. The molecule has 0 spiro atoms. The number of piperidine rings is 1. The second kappa shape index (κ2) is 11.7.